The highest BCUT2D eigenvalue weighted by Gasteiger charge is 2.81. The molecule has 0 bridgehead atoms. The summed E-state index contributed by atoms with van der Waals surface area (Å²) < 4.78 is 123. The van der Waals surface area contributed by atoms with Crippen molar-refractivity contribution < 1.29 is 53.8 Å². The van der Waals surface area contributed by atoms with Crippen LogP contribution in [0, 0.1) is 0 Å². The molecule has 0 spiro atoms. The number of halogens is 10. The summed E-state index contributed by atoms with van der Waals surface area (Å²) in [6.45, 7) is 0. The molecule has 0 heterocycles. The summed E-state index contributed by atoms with van der Waals surface area (Å²) in [6, 6.07) is 0. The summed E-state index contributed by atoms with van der Waals surface area (Å²) in [7, 11) is 0. The van der Waals surface area contributed by atoms with Gasteiger partial charge in [-0.3, -0.25) is 0 Å². The lowest BCUT2D eigenvalue weighted by molar-refractivity contribution is -0.395. The van der Waals surface area contributed by atoms with Crippen LogP contribution in [0.2, 0.25) is 0 Å². The molecule has 1 N–H and O–H groups in total. The highest BCUT2D eigenvalue weighted by molar-refractivity contribution is 5.86. The Morgan fingerprint density at radius 2 is 1.30 bits per heavy atom. The van der Waals surface area contributed by atoms with Gasteiger partial charge >= 0.3 is 29.9 Å². The van der Waals surface area contributed by atoms with Gasteiger partial charge in [0.05, 0.1) is 18.3 Å². The van der Waals surface area contributed by atoms with Gasteiger partial charge in [0.25, 0.3) is 0 Å². The first-order chi connectivity index (χ1) is 8.62. The molecule has 2 nitrogen and oxygen atoms in total. The standard InChI is InChI=1S/C8H4F10O2/c9-2-3(4(19)20)1-5(10,11)6(12,13)7(14,15)8(16,17)18/h2H,1H2,(H,19,20). The van der Waals surface area contributed by atoms with E-state index < -0.39 is 48.2 Å². The van der Waals surface area contributed by atoms with Crippen LogP contribution in [0.3, 0.4) is 0 Å². The van der Waals surface area contributed by atoms with E-state index >= 15 is 0 Å². The van der Waals surface area contributed by atoms with Crippen LogP contribution in [0.15, 0.2) is 11.9 Å². The molecule has 20 heavy (non-hydrogen) atoms. The van der Waals surface area contributed by atoms with Crippen LogP contribution in [0.5, 0.6) is 0 Å². The fourth-order valence-electron chi connectivity index (χ4n) is 0.919. The van der Waals surface area contributed by atoms with Gasteiger partial charge in [-0.05, 0) is 0 Å². The Hall–Kier alpha value is -1.49. The lowest BCUT2D eigenvalue weighted by Crippen LogP contribution is -2.61. The maximum atomic E-state index is 12.8. The molecule has 0 aliphatic rings. The lowest BCUT2D eigenvalue weighted by Gasteiger charge is -2.33. The van der Waals surface area contributed by atoms with Gasteiger partial charge in [-0.2, -0.15) is 39.5 Å². The molecule has 12 heteroatoms. The predicted octanol–water partition coefficient (Wildman–Crippen LogP) is 3.78. The summed E-state index contributed by atoms with van der Waals surface area (Å²) in [5.41, 5.74) is -2.09. The quantitative estimate of drug-likeness (QED) is 0.618. The zero-order valence-electron chi connectivity index (χ0n) is 8.92. The number of rotatable bonds is 5. The van der Waals surface area contributed by atoms with Crippen molar-refractivity contribution >= 4 is 5.97 Å². The van der Waals surface area contributed by atoms with Gasteiger partial charge in [0, 0.05) is 0 Å². The zero-order valence-corrected chi connectivity index (χ0v) is 8.92. The monoisotopic (exact) mass is 322 g/mol. The van der Waals surface area contributed by atoms with Crippen LogP contribution in [-0.4, -0.2) is 35.0 Å². The van der Waals surface area contributed by atoms with E-state index in [4.69, 9.17) is 5.11 Å². The zero-order chi connectivity index (χ0) is 16.6. The average molecular weight is 322 g/mol. The molecule has 0 saturated carbocycles. The molecule has 0 aromatic heterocycles. The van der Waals surface area contributed by atoms with Crippen LogP contribution in [-0.2, 0) is 4.79 Å². The van der Waals surface area contributed by atoms with E-state index in [0.29, 0.717) is 0 Å². The van der Waals surface area contributed by atoms with E-state index in [-0.39, 0.29) is 0 Å². The van der Waals surface area contributed by atoms with Crippen LogP contribution < -0.4 is 0 Å². The van der Waals surface area contributed by atoms with Gasteiger partial charge in [-0.1, -0.05) is 0 Å². The molecule has 0 saturated heterocycles. The lowest BCUT2D eigenvalue weighted by atomic mass is 9.97. The maximum absolute atomic E-state index is 12.8. The Morgan fingerprint density at radius 1 is 0.900 bits per heavy atom. The first kappa shape index (κ1) is 18.5. The van der Waals surface area contributed by atoms with Crippen molar-refractivity contribution in [3.8, 4) is 0 Å². The molecule has 118 valence electrons. The van der Waals surface area contributed by atoms with Crippen molar-refractivity contribution in [2.45, 2.75) is 30.4 Å². The van der Waals surface area contributed by atoms with Gasteiger partial charge in [0.2, 0.25) is 0 Å². The van der Waals surface area contributed by atoms with Crippen LogP contribution in [0.4, 0.5) is 43.9 Å². The number of hydrogen-bond acceptors (Lipinski definition) is 1. The minimum Gasteiger partial charge on any atom is -0.478 e. The second kappa shape index (κ2) is 5.13. The summed E-state index contributed by atoms with van der Waals surface area (Å²) in [6.07, 6.45) is -11.0. The third kappa shape index (κ3) is 2.98. The van der Waals surface area contributed by atoms with Crippen molar-refractivity contribution in [2.75, 3.05) is 0 Å². The molecule has 0 radical (unpaired) electrons. The summed E-state index contributed by atoms with van der Waals surface area (Å²) in [5.74, 6) is -22.8. The van der Waals surface area contributed by atoms with E-state index in [1.807, 2.05) is 0 Å². The number of carboxylic acids is 1. The highest BCUT2D eigenvalue weighted by atomic mass is 19.4. The van der Waals surface area contributed by atoms with E-state index in [9.17, 15) is 48.7 Å². The van der Waals surface area contributed by atoms with Crippen molar-refractivity contribution in [3.05, 3.63) is 11.9 Å². The Bertz CT molecular complexity index is 408. The minimum atomic E-state index is -7.14. The SMILES string of the molecule is O=C(O)C(=CF)CC(F)(F)C(F)(F)C(F)(F)C(F)(F)F. The summed E-state index contributed by atoms with van der Waals surface area (Å²) >= 11 is 0. The van der Waals surface area contributed by atoms with E-state index in [1.165, 1.54) is 0 Å². The van der Waals surface area contributed by atoms with Gasteiger partial charge in [-0.25, -0.2) is 9.18 Å². The molecule has 0 rings (SSSR count). The second-order valence-electron chi connectivity index (χ2n) is 3.47. The van der Waals surface area contributed by atoms with E-state index in [1.54, 1.807) is 0 Å². The maximum Gasteiger partial charge on any atom is 0.460 e. The first-order valence-corrected chi connectivity index (χ1v) is 4.34. The van der Waals surface area contributed by atoms with Gasteiger partial charge in [-0.15, -0.1) is 0 Å². The largest absolute Gasteiger partial charge is 0.478 e. The minimum absolute atomic E-state index is 1.11. The molecule has 0 aliphatic carbocycles. The number of aliphatic carboxylic acids is 1. The Labute approximate surface area is 103 Å². The molecule has 0 unspecified atom stereocenters. The predicted molar refractivity (Wildman–Crippen MR) is 42.3 cm³/mol. The first-order valence-electron chi connectivity index (χ1n) is 4.34. The Kier molecular flexibility index (Phi) is 4.75. The fraction of sp³-hybridized carbons (Fsp3) is 0.625. The molecular weight excluding hydrogens is 318 g/mol. The van der Waals surface area contributed by atoms with Crippen molar-refractivity contribution in [1.82, 2.24) is 0 Å². The van der Waals surface area contributed by atoms with E-state index in [2.05, 4.69) is 0 Å². The number of carbonyl (C=O) groups is 1. The normalized spacial score (nSPS) is 15.4. The van der Waals surface area contributed by atoms with Crippen molar-refractivity contribution in [1.29, 1.82) is 0 Å². The third-order valence-electron chi connectivity index (χ3n) is 2.03. The Morgan fingerprint density at radius 3 is 1.55 bits per heavy atom. The van der Waals surface area contributed by atoms with Crippen molar-refractivity contribution in [3.63, 3.8) is 0 Å². The topological polar surface area (TPSA) is 37.3 Å². The summed E-state index contributed by atoms with van der Waals surface area (Å²) in [4.78, 5) is 10.1. The van der Waals surface area contributed by atoms with Gasteiger partial charge < -0.3 is 5.11 Å². The fourth-order valence-corrected chi connectivity index (χ4v) is 0.919. The number of hydrogen-bond donors (Lipinski definition) is 1. The molecular formula is C8H4F10O2. The molecule has 0 atom stereocenters. The molecule has 0 fully saturated rings. The Balaban J connectivity index is 5.64. The third-order valence-corrected chi connectivity index (χ3v) is 2.03. The number of carboxylic acid groups (broad SMARTS) is 1. The smallest absolute Gasteiger partial charge is 0.460 e. The van der Waals surface area contributed by atoms with Crippen LogP contribution in [0.1, 0.15) is 6.42 Å². The molecule has 0 aromatic rings. The highest BCUT2D eigenvalue weighted by Crippen LogP contribution is 2.54. The summed E-state index contributed by atoms with van der Waals surface area (Å²) in [5, 5.41) is 8.07. The number of alkyl halides is 9. The van der Waals surface area contributed by atoms with Crippen LogP contribution >= 0.6 is 0 Å². The van der Waals surface area contributed by atoms with Crippen LogP contribution in [0.25, 0.3) is 0 Å². The average Bonchev–Trinajstić information content (AvgIpc) is 2.23. The molecule has 0 aliphatic heterocycles. The van der Waals surface area contributed by atoms with Crippen molar-refractivity contribution in [2.24, 2.45) is 0 Å². The molecule has 0 aromatic carbocycles. The van der Waals surface area contributed by atoms with E-state index in [0.717, 1.165) is 0 Å². The second-order valence-corrected chi connectivity index (χ2v) is 3.47. The molecule has 0 amide bonds. The van der Waals surface area contributed by atoms with Gasteiger partial charge in [0.15, 0.2) is 0 Å². The van der Waals surface area contributed by atoms with Gasteiger partial charge in [0.1, 0.15) is 0 Å².